The topological polar surface area (TPSA) is 127 Å². The van der Waals surface area contributed by atoms with E-state index >= 15 is 0 Å². The van der Waals surface area contributed by atoms with Gasteiger partial charge in [0.15, 0.2) is 0 Å². The molecule has 0 fully saturated rings. The number of hydrogen-bond donors (Lipinski definition) is 4. The van der Waals surface area contributed by atoms with Crippen LogP contribution in [0.2, 0.25) is 0 Å². The lowest BCUT2D eigenvalue weighted by atomic mass is 10.1. The number of hydrogen-bond acceptors (Lipinski definition) is 4. The number of carbonyl (C=O) groups is 3. The Morgan fingerprint density at radius 2 is 1.75 bits per heavy atom. The highest BCUT2D eigenvalue weighted by atomic mass is 16.2. The molecule has 0 radical (unpaired) electrons. The second-order valence-corrected chi connectivity index (χ2v) is 4.23. The Morgan fingerprint density at radius 3 is 2.25 bits per heavy atom. The van der Waals surface area contributed by atoms with Crippen molar-refractivity contribution in [2.24, 2.45) is 11.5 Å². The Bertz CT molecular complexity index is 490. The average molecular weight is 278 g/mol. The van der Waals surface area contributed by atoms with Gasteiger partial charge in [0.1, 0.15) is 12.1 Å². The van der Waals surface area contributed by atoms with Crippen LogP contribution in [0.1, 0.15) is 18.0 Å². The van der Waals surface area contributed by atoms with Crippen LogP contribution in [0.3, 0.4) is 0 Å². The summed E-state index contributed by atoms with van der Waals surface area (Å²) < 4.78 is 0. The van der Waals surface area contributed by atoms with Crippen molar-refractivity contribution in [1.82, 2.24) is 10.6 Å². The van der Waals surface area contributed by atoms with E-state index in [-0.39, 0.29) is 6.42 Å². The molecule has 0 saturated carbocycles. The number of benzene rings is 1. The zero-order chi connectivity index (χ0) is 15.1. The number of primary amides is 1. The predicted octanol–water partition coefficient (Wildman–Crippen LogP) is -1.21. The SMILES string of the molecule is CNC(=O)C(CC(N)=O)NC(=O)C(N)c1ccccc1. The van der Waals surface area contributed by atoms with Crippen molar-refractivity contribution in [3.8, 4) is 0 Å². The molecule has 108 valence electrons. The van der Waals surface area contributed by atoms with Crippen molar-refractivity contribution in [2.45, 2.75) is 18.5 Å². The van der Waals surface area contributed by atoms with Crippen molar-refractivity contribution < 1.29 is 14.4 Å². The van der Waals surface area contributed by atoms with Crippen LogP contribution in [0.15, 0.2) is 30.3 Å². The summed E-state index contributed by atoms with van der Waals surface area (Å²) in [5, 5.41) is 4.77. The number of nitrogens with two attached hydrogens (primary N) is 2. The molecule has 0 bridgehead atoms. The first kappa shape index (κ1) is 15.6. The normalized spacial score (nSPS) is 13.1. The van der Waals surface area contributed by atoms with Crippen LogP contribution in [0.4, 0.5) is 0 Å². The van der Waals surface area contributed by atoms with Crippen LogP contribution in [-0.2, 0) is 14.4 Å². The Morgan fingerprint density at radius 1 is 1.15 bits per heavy atom. The zero-order valence-corrected chi connectivity index (χ0v) is 11.1. The first-order valence-corrected chi connectivity index (χ1v) is 6.06. The Hall–Kier alpha value is -2.41. The largest absolute Gasteiger partial charge is 0.370 e. The Labute approximate surface area is 116 Å². The molecule has 2 unspecified atom stereocenters. The number of amides is 3. The quantitative estimate of drug-likeness (QED) is 0.520. The molecule has 7 heteroatoms. The van der Waals surface area contributed by atoms with E-state index in [4.69, 9.17) is 11.5 Å². The maximum absolute atomic E-state index is 12.0. The Kier molecular flexibility index (Phi) is 5.67. The molecule has 0 heterocycles. The highest BCUT2D eigenvalue weighted by molar-refractivity contribution is 5.93. The minimum absolute atomic E-state index is 0.285. The molecule has 7 nitrogen and oxygen atoms in total. The molecule has 2 atom stereocenters. The van der Waals surface area contributed by atoms with Gasteiger partial charge in [0, 0.05) is 7.05 Å². The highest BCUT2D eigenvalue weighted by Crippen LogP contribution is 2.09. The highest BCUT2D eigenvalue weighted by Gasteiger charge is 2.25. The third kappa shape index (κ3) is 4.36. The molecule has 20 heavy (non-hydrogen) atoms. The second kappa shape index (κ2) is 7.25. The van der Waals surface area contributed by atoms with Crippen LogP contribution in [0.5, 0.6) is 0 Å². The lowest BCUT2D eigenvalue weighted by Crippen LogP contribution is -2.50. The van der Waals surface area contributed by atoms with Crippen molar-refractivity contribution in [2.75, 3.05) is 7.05 Å². The summed E-state index contributed by atoms with van der Waals surface area (Å²) in [5.74, 6) is -1.74. The summed E-state index contributed by atoms with van der Waals surface area (Å²) in [5.41, 5.74) is 11.5. The minimum Gasteiger partial charge on any atom is -0.370 e. The third-order valence-electron chi connectivity index (χ3n) is 2.73. The van der Waals surface area contributed by atoms with Gasteiger partial charge in [-0.25, -0.2) is 0 Å². The predicted molar refractivity (Wildman–Crippen MR) is 73.2 cm³/mol. The van der Waals surface area contributed by atoms with Gasteiger partial charge in [-0.3, -0.25) is 14.4 Å². The molecule has 0 spiro atoms. The van der Waals surface area contributed by atoms with Gasteiger partial charge in [-0.15, -0.1) is 0 Å². The van der Waals surface area contributed by atoms with Gasteiger partial charge in [-0.1, -0.05) is 30.3 Å². The number of carbonyl (C=O) groups excluding carboxylic acids is 3. The smallest absolute Gasteiger partial charge is 0.242 e. The van der Waals surface area contributed by atoms with Gasteiger partial charge >= 0.3 is 0 Å². The van der Waals surface area contributed by atoms with Gasteiger partial charge in [-0.2, -0.15) is 0 Å². The van der Waals surface area contributed by atoms with Gasteiger partial charge in [0.2, 0.25) is 17.7 Å². The maximum atomic E-state index is 12.0. The van der Waals surface area contributed by atoms with Gasteiger partial charge in [0.25, 0.3) is 0 Å². The lowest BCUT2D eigenvalue weighted by Gasteiger charge is -2.19. The summed E-state index contributed by atoms with van der Waals surface area (Å²) in [6.07, 6.45) is -0.285. The molecule has 1 rings (SSSR count). The van der Waals surface area contributed by atoms with E-state index in [1.54, 1.807) is 30.3 Å². The molecule has 3 amide bonds. The summed E-state index contributed by atoms with van der Waals surface area (Å²) in [6, 6.07) is 6.76. The molecule has 0 aliphatic rings. The summed E-state index contributed by atoms with van der Waals surface area (Å²) >= 11 is 0. The van der Waals surface area contributed by atoms with Crippen LogP contribution >= 0.6 is 0 Å². The monoisotopic (exact) mass is 278 g/mol. The van der Waals surface area contributed by atoms with E-state index in [2.05, 4.69) is 10.6 Å². The molecule has 0 aromatic heterocycles. The first-order valence-electron chi connectivity index (χ1n) is 6.06. The summed E-state index contributed by atoms with van der Waals surface area (Å²) in [4.78, 5) is 34.5. The molecule has 1 aromatic carbocycles. The van der Waals surface area contributed by atoms with E-state index in [1.165, 1.54) is 7.05 Å². The molecule has 0 aliphatic heterocycles. The van der Waals surface area contributed by atoms with E-state index < -0.39 is 29.8 Å². The summed E-state index contributed by atoms with van der Waals surface area (Å²) in [6.45, 7) is 0. The molecule has 0 saturated heterocycles. The standard InChI is InChI=1S/C13H18N4O3/c1-16-12(19)9(7-10(14)18)17-13(20)11(15)8-5-3-2-4-6-8/h2-6,9,11H,7,15H2,1H3,(H2,14,18)(H,16,19)(H,17,20). The van der Waals surface area contributed by atoms with Crippen molar-refractivity contribution in [3.63, 3.8) is 0 Å². The van der Waals surface area contributed by atoms with Gasteiger partial charge < -0.3 is 22.1 Å². The van der Waals surface area contributed by atoms with Crippen molar-refractivity contribution in [3.05, 3.63) is 35.9 Å². The lowest BCUT2D eigenvalue weighted by molar-refractivity contribution is -0.131. The Balaban J connectivity index is 2.75. The van der Waals surface area contributed by atoms with Gasteiger partial charge in [0.05, 0.1) is 6.42 Å². The number of nitrogens with one attached hydrogen (secondary N) is 2. The van der Waals surface area contributed by atoms with Gasteiger partial charge in [-0.05, 0) is 5.56 Å². The fourth-order valence-corrected chi connectivity index (χ4v) is 1.66. The molecular weight excluding hydrogens is 260 g/mol. The van der Waals surface area contributed by atoms with E-state index in [9.17, 15) is 14.4 Å². The summed E-state index contributed by atoms with van der Waals surface area (Å²) in [7, 11) is 1.40. The maximum Gasteiger partial charge on any atom is 0.242 e. The van der Waals surface area contributed by atoms with Crippen LogP contribution < -0.4 is 22.1 Å². The van der Waals surface area contributed by atoms with Crippen LogP contribution in [0.25, 0.3) is 0 Å². The third-order valence-corrected chi connectivity index (χ3v) is 2.73. The van der Waals surface area contributed by atoms with E-state index in [0.29, 0.717) is 5.56 Å². The fourth-order valence-electron chi connectivity index (χ4n) is 1.66. The minimum atomic E-state index is -1.03. The van der Waals surface area contributed by atoms with Crippen molar-refractivity contribution in [1.29, 1.82) is 0 Å². The molecular formula is C13H18N4O3. The zero-order valence-electron chi connectivity index (χ0n) is 11.1. The number of rotatable bonds is 6. The second-order valence-electron chi connectivity index (χ2n) is 4.23. The number of likely N-dealkylation sites (N-methyl/N-ethyl adjacent to an activating group) is 1. The fraction of sp³-hybridized carbons (Fsp3) is 0.308. The van der Waals surface area contributed by atoms with Crippen molar-refractivity contribution >= 4 is 17.7 Å². The van der Waals surface area contributed by atoms with Crippen LogP contribution in [-0.4, -0.2) is 30.8 Å². The average Bonchev–Trinajstić information content (AvgIpc) is 2.45. The van der Waals surface area contributed by atoms with Crippen LogP contribution in [0, 0.1) is 0 Å². The molecule has 6 N–H and O–H groups in total. The van der Waals surface area contributed by atoms with E-state index in [0.717, 1.165) is 0 Å². The first-order chi connectivity index (χ1) is 9.45. The van der Waals surface area contributed by atoms with E-state index in [1.807, 2.05) is 0 Å². The molecule has 0 aliphatic carbocycles. The molecule has 1 aromatic rings.